The van der Waals surface area contributed by atoms with Gasteiger partial charge in [0.2, 0.25) is 5.91 Å². The zero-order valence-corrected chi connectivity index (χ0v) is 16.3. The van der Waals surface area contributed by atoms with Gasteiger partial charge in [0.15, 0.2) is 0 Å². The van der Waals surface area contributed by atoms with Gasteiger partial charge in [-0.1, -0.05) is 0 Å². The third kappa shape index (κ3) is 3.20. The fourth-order valence-electron chi connectivity index (χ4n) is 4.09. The molecule has 0 saturated carbocycles. The highest BCUT2D eigenvalue weighted by Gasteiger charge is 2.28. The van der Waals surface area contributed by atoms with Crippen LogP contribution in [0.2, 0.25) is 0 Å². The molecule has 3 aromatic rings. The number of aryl methyl sites for hydroxylation is 4. The van der Waals surface area contributed by atoms with Gasteiger partial charge in [-0.15, -0.1) is 0 Å². The quantitative estimate of drug-likeness (QED) is 0.704. The van der Waals surface area contributed by atoms with Crippen molar-refractivity contribution in [3.63, 3.8) is 0 Å². The van der Waals surface area contributed by atoms with Crippen molar-refractivity contribution in [3.05, 3.63) is 40.7 Å². The summed E-state index contributed by atoms with van der Waals surface area (Å²) in [5, 5.41) is 8.80. The molecule has 1 aliphatic rings. The molecule has 1 aliphatic heterocycles. The predicted molar refractivity (Wildman–Crippen MR) is 101 cm³/mol. The summed E-state index contributed by atoms with van der Waals surface area (Å²) in [7, 11) is 0. The lowest BCUT2D eigenvalue weighted by Crippen LogP contribution is -2.29. The third-order valence-corrected chi connectivity index (χ3v) is 5.48. The Labute approximate surface area is 158 Å². The maximum Gasteiger partial charge on any atom is 0.252 e. The summed E-state index contributed by atoms with van der Waals surface area (Å²) in [5.74, 6) is 0.795. The number of hydrogen-bond donors (Lipinski definition) is 0. The van der Waals surface area contributed by atoms with E-state index in [9.17, 15) is 4.79 Å². The molecule has 4 rings (SSSR count). The number of amides is 1. The topological polar surface area (TPSA) is 81.2 Å². The average Bonchev–Trinajstić information content (AvgIpc) is 3.34. The van der Waals surface area contributed by atoms with Crippen LogP contribution in [0.25, 0.3) is 5.78 Å². The number of carbonyl (C=O) groups is 1. The molecule has 0 spiro atoms. The molecule has 0 aliphatic carbocycles. The Morgan fingerprint density at radius 2 is 2.07 bits per heavy atom. The van der Waals surface area contributed by atoms with E-state index in [1.807, 2.05) is 25.7 Å². The molecule has 1 saturated heterocycles. The average molecular weight is 367 g/mol. The normalized spacial score (nSPS) is 17.2. The van der Waals surface area contributed by atoms with Crippen LogP contribution in [0, 0.1) is 27.7 Å². The summed E-state index contributed by atoms with van der Waals surface area (Å²) >= 11 is 0. The van der Waals surface area contributed by atoms with Crippen molar-refractivity contribution in [3.8, 4) is 0 Å². The Morgan fingerprint density at radius 1 is 1.26 bits per heavy atom. The first-order valence-electron chi connectivity index (χ1n) is 9.40. The Morgan fingerprint density at radius 3 is 2.81 bits per heavy atom. The lowest BCUT2D eigenvalue weighted by Gasteiger charge is -2.18. The zero-order chi connectivity index (χ0) is 19.1. The van der Waals surface area contributed by atoms with Crippen LogP contribution in [0.3, 0.4) is 0 Å². The highest BCUT2D eigenvalue weighted by molar-refractivity contribution is 5.76. The minimum Gasteiger partial charge on any atom is -0.340 e. The van der Waals surface area contributed by atoms with Crippen LogP contribution >= 0.6 is 0 Å². The fourth-order valence-corrected chi connectivity index (χ4v) is 4.09. The number of hydrogen-bond acceptors (Lipinski definition) is 5. The molecule has 1 unspecified atom stereocenters. The smallest absolute Gasteiger partial charge is 0.252 e. The van der Waals surface area contributed by atoms with Crippen LogP contribution in [-0.4, -0.2) is 53.3 Å². The van der Waals surface area contributed by atoms with E-state index in [0.29, 0.717) is 18.6 Å². The molecule has 1 atom stereocenters. The van der Waals surface area contributed by atoms with Crippen molar-refractivity contribution in [2.45, 2.75) is 53.0 Å². The van der Waals surface area contributed by atoms with E-state index in [2.05, 4.69) is 37.8 Å². The minimum atomic E-state index is 0.191. The molecule has 1 amide bonds. The number of rotatable bonds is 4. The first-order valence-corrected chi connectivity index (χ1v) is 9.40. The lowest BCUT2D eigenvalue weighted by molar-refractivity contribution is -0.130. The van der Waals surface area contributed by atoms with Gasteiger partial charge >= 0.3 is 0 Å². The second-order valence-corrected chi connectivity index (χ2v) is 7.39. The molecule has 3 aromatic heterocycles. The molecule has 0 N–H and O–H groups in total. The number of fused-ring (bicyclic) bond motifs is 1. The number of aromatic nitrogens is 6. The molecule has 142 valence electrons. The summed E-state index contributed by atoms with van der Waals surface area (Å²) in [5.41, 5.74) is 5.19. The van der Waals surface area contributed by atoms with Crippen LogP contribution < -0.4 is 0 Å². The van der Waals surface area contributed by atoms with Crippen LogP contribution in [-0.2, 0) is 11.2 Å². The standard InChI is InChI=1S/C19H25N7O/c1-12-9-13(2)25(23-12)16-7-8-24(10-16)18(27)6-5-17-14(3)22-19-20-11-21-26(19)15(17)4/h9,11,16H,5-8,10H2,1-4H3. The van der Waals surface area contributed by atoms with Crippen LogP contribution in [0.5, 0.6) is 0 Å². The highest BCUT2D eigenvalue weighted by Crippen LogP contribution is 2.24. The third-order valence-electron chi connectivity index (χ3n) is 5.48. The van der Waals surface area contributed by atoms with Crippen LogP contribution in [0.15, 0.2) is 12.4 Å². The molecule has 8 heteroatoms. The van der Waals surface area contributed by atoms with Crippen molar-refractivity contribution in [1.82, 2.24) is 34.3 Å². The molecule has 0 aromatic carbocycles. The molecule has 4 heterocycles. The van der Waals surface area contributed by atoms with E-state index in [1.165, 1.54) is 6.33 Å². The van der Waals surface area contributed by atoms with Gasteiger partial charge in [0.25, 0.3) is 5.78 Å². The van der Waals surface area contributed by atoms with E-state index in [4.69, 9.17) is 0 Å². The summed E-state index contributed by atoms with van der Waals surface area (Å²) in [6.07, 6.45) is 3.61. The molecular formula is C19H25N7O. The van der Waals surface area contributed by atoms with E-state index >= 15 is 0 Å². The molecule has 8 nitrogen and oxygen atoms in total. The molecule has 27 heavy (non-hydrogen) atoms. The van der Waals surface area contributed by atoms with Gasteiger partial charge in [-0.3, -0.25) is 9.48 Å². The minimum absolute atomic E-state index is 0.191. The van der Waals surface area contributed by atoms with Crippen molar-refractivity contribution < 1.29 is 4.79 Å². The van der Waals surface area contributed by atoms with Gasteiger partial charge in [0.05, 0.1) is 11.7 Å². The Kier molecular flexibility index (Phi) is 4.41. The summed E-state index contributed by atoms with van der Waals surface area (Å²) in [6.45, 7) is 9.58. The Bertz CT molecular complexity index is 1000. The van der Waals surface area contributed by atoms with E-state index < -0.39 is 0 Å². The highest BCUT2D eigenvalue weighted by atomic mass is 16.2. The predicted octanol–water partition coefficient (Wildman–Crippen LogP) is 1.96. The van der Waals surface area contributed by atoms with Gasteiger partial charge in [-0.2, -0.15) is 15.2 Å². The zero-order valence-electron chi connectivity index (χ0n) is 16.3. The molecular weight excluding hydrogens is 342 g/mol. The summed E-state index contributed by atoms with van der Waals surface area (Å²) in [6, 6.07) is 2.36. The second kappa shape index (κ2) is 6.75. The van der Waals surface area contributed by atoms with Crippen molar-refractivity contribution >= 4 is 11.7 Å². The van der Waals surface area contributed by atoms with E-state index in [1.54, 1.807) is 4.52 Å². The summed E-state index contributed by atoms with van der Waals surface area (Å²) < 4.78 is 3.81. The molecule has 1 fully saturated rings. The maximum absolute atomic E-state index is 12.8. The number of carbonyl (C=O) groups excluding carboxylic acids is 1. The molecule has 0 radical (unpaired) electrons. The fraction of sp³-hybridized carbons (Fsp3) is 0.526. The van der Waals surface area contributed by atoms with Gasteiger partial charge in [0.1, 0.15) is 6.33 Å². The number of nitrogens with zero attached hydrogens (tertiary/aromatic N) is 7. The first kappa shape index (κ1) is 17.6. The molecule has 0 bridgehead atoms. The van der Waals surface area contributed by atoms with Gasteiger partial charge in [-0.25, -0.2) is 9.50 Å². The largest absolute Gasteiger partial charge is 0.340 e. The monoisotopic (exact) mass is 367 g/mol. The number of likely N-dealkylation sites (tertiary alicyclic amines) is 1. The van der Waals surface area contributed by atoms with Crippen molar-refractivity contribution in [2.24, 2.45) is 0 Å². The van der Waals surface area contributed by atoms with Crippen LogP contribution in [0.4, 0.5) is 0 Å². The van der Waals surface area contributed by atoms with Gasteiger partial charge < -0.3 is 4.90 Å². The van der Waals surface area contributed by atoms with E-state index in [0.717, 1.165) is 47.8 Å². The first-order chi connectivity index (χ1) is 12.9. The summed E-state index contributed by atoms with van der Waals surface area (Å²) in [4.78, 5) is 23.4. The van der Waals surface area contributed by atoms with Gasteiger partial charge in [0, 0.05) is 36.6 Å². The Balaban J connectivity index is 1.42. The van der Waals surface area contributed by atoms with Crippen LogP contribution in [0.1, 0.15) is 47.2 Å². The SMILES string of the molecule is Cc1cc(C)n(C2CCN(C(=O)CCc3c(C)nc4ncnn4c3C)C2)n1. The van der Waals surface area contributed by atoms with Crippen molar-refractivity contribution in [1.29, 1.82) is 0 Å². The maximum atomic E-state index is 12.8. The van der Waals surface area contributed by atoms with Crippen molar-refractivity contribution in [2.75, 3.05) is 13.1 Å². The van der Waals surface area contributed by atoms with E-state index in [-0.39, 0.29) is 11.9 Å². The van der Waals surface area contributed by atoms with Gasteiger partial charge in [-0.05, 0) is 52.2 Å². The lowest BCUT2D eigenvalue weighted by atomic mass is 10.1. The Hall–Kier alpha value is -2.77. The second-order valence-electron chi connectivity index (χ2n) is 7.39.